The lowest BCUT2D eigenvalue weighted by Crippen LogP contribution is -2.36. The molecular formula is C19H17ClN4O3. The van der Waals surface area contributed by atoms with Crippen LogP contribution in [0.2, 0.25) is 5.02 Å². The highest BCUT2D eigenvalue weighted by molar-refractivity contribution is 6.30. The highest BCUT2D eigenvalue weighted by Crippen LogP contribution is 2.15. The summed E-state index contributed by atoms with van der Waals surface area (Å²) in [5.41, 5.74) is 0.704. The summed E-state index contributed by atoms with van der Waals surface area (Å²) in [6.45, 7) is -0.118. The number of aromatic nitrogens is 2. The summed E-state index contributed by atoms with van der Waals surface area (Å²) in [6, 6.07) is 13.7. The molecule has 0 aliphatic heterocycles. The molecule has 0 saturated carbocycles. The Kier molecular flexibility index (Phi) is 5.52. The molecule has 0 aliphatic carbocycles. The zero-order chi connectivity index (χ0) is 19.4. The summed E-state index contributed by atoms with van der Waals surface area (Å²) in [7, 11) is 1.54. The van der Waals surface area contributed by atoms with Crippen LogP contribution in [0.4, 0.5) is 5.69 Å². The van der Waals surface area contributed by atoms with Crippen molar-refractivity contribution in [2.75, 3.05) is 18.9 Å². The summed E-state index contributed by atoms with van der Waals surface area (Å²) < 4.78 is 0. The van der Waals surface area contributed by atoms with Gasteiger partial charge in [0, 0.05) is 23.1 Å². The van der Waals surface area contributed by atoms with E-state index >= 15 is 0 Å². The number of likely N-dealkylation sites (N-methyl/N-ethyl adjacent to an activating group) is 1. The van der Waals surface area contributed by atoms with Crippen LogP contribution in [-0.4, -0.2) is 40.5 Å². The van der Waals surface area contributed by atoms with E-state index in [9.17, 15) is 14.4 Å². The van der Waals surface area contributed by atoms with E-state index in [0.717, 1.165) is 0 Å². The van der Waals surface area contributed by atoms with Gasteiger partial charge < -0.3 is 10.2 Å². The molecule has 1 aromatic heterocycles. The van der Waals surface area contributed by atoms with Crippen LogP contribution in [0.1, 0.15) is 5.69 Å². The maximum Gasteiger partial charge on any atom is 0.272 e. The number of aromatic amines is 1. The summed E-state index contributed by atoms with van der Waals surface area (Å²) in [4.78, 5) is 37.7. The Morgan fingerprint density at radius 1 is 1.15 bits per heavy atom. The van der Waals surface area contributed by atoms with Crippen LogP contribution in [0.25, 0.3) is 10.8 Å². The molecule has 3 aromatic rings. The predicted molar refractivity (Wildman–Crippen MR) is 104 cm³/mol. The maximum atomic E-state index is 12.5. The molecule has 0 atom stereocenters. The standard InChI is InChI=1S/C19H17ClN4O3/c1-24(11-17(25)21-13-6-4-5-12(20)9-13)18(26)10-16-14-7-2-3-8-15(14)19(27)23-22-16/h2-9H,10-11H2,1H3,(H,21,25)(H,23,27). The number of hydrogen-bond acceptors (Lipinski definition) is 4. The van der Waals surface area contributed by atoms with Crippen molar-refractivity contribution in [2.24, 2.45) is 0 Å². The monoisotopic (exact) mass is 384 g/mol. The fourth-order valence-electron chi connectivity index (χ4n) is 2.65. The third-order valence-corrected chi connectivity index (χ3v) is 4.24. The Balaban J connectivity index is 1.67. The summed E-state index contributed by atoms with van der Waals surface area (Å²) in [5, 5.41) is 10.7. The Labute approximate surface area is 160 Å². The van der Waals surface area contributed by atoms with Gasteiger partial charge in [0.2, 0.25) is 11.8 Å². The van der Waals surface area contributed by atoms with Crippen molar-refractivity contribution in [3.8, 4) is 0 Å². The van der Waals surface area contributed by atoms with Gasteiger partial charge in [-0.15, -0.1) is 0 Å². The van der Waals surface area contributed by atoms with Crippen molar-refractivity contribution in [3.05, 3.63) is 69.6 Å². The molecule has 0 saturated heterocycles. The number of carbonyl (C=O) groups is 2. The average molecular weight is 385 g/mol. The SMILES string of the molecule is CN(CC(=O)Nc1cccc(Cl)c1)C(=O)Cc1n[nH]c(=O)c2ccccc12. The second-order valence-corrected chi connectivity index (χ2v) is 6.47. The van der Waals surface area contributed by atoms with E-state index in [1.807, 2.05) is 0 Å². The Morgan fingerprint density at radius 3 is 2.63 bits per heavy atom. The van der Waals surface area contributed by atoms with Crippen LogP contribution < -0.4 is 10.9 Å². The number of nitrogens with zero attached hydrogens (tertiary/aromatic N) is 2. The van der Waals surface area contributed by atoms with E-state index in [1.165, 1.54) is 11.9 Å². The van der Waals surface area contributed by atoms with Gasteiger partial charge in [-0.1, -0.05) is 35.9 Å². The van der Waals surface area contributed by atoms with E-state index in [4.69, 9.17) is 11.6 Å². The van der Waals surface area contributed by atoms with Gasteiger partial charge in [-0.3, -0.25) is 14.4 Å². The zero-order valence-corrected chi connectivity index (χ0v) is 15.3. The highest BCUT2D eigenvalue weighted by atomic mass is 35.5. The second-order valence-electron chi connectivity index (χ2n) is 6.03. The van der Waals surface area contributed by atoms with Crippen LogP contribution in [0.15, 0.2) is 53.3 Å². The first-order valence-corrected chi connectivity index (χ1v) is 8.57. The molecule has 2 N–H and O–H groups in total. The molecule has 2 amide bonds. The fourth-order valence-corrected chi connectivity index (χ4v) is 2.85. The number of rotatable bonds is 5. The van der Waals surface area contributed by atoms with Crippen molar-refractivity contribution in [1.82, 2.24) is 15.1 Å². The van der Waals surface area contributed by atoms with Crippen molar-refractivity contribution in [3.63, 3.8) is 0 Å². The lowest BCUT2D eigenvalue weighted by atomic mass is 10.1. The Morgan fingerprint density at radius 2 is 1.89 bits per heavy atom. The molecule has 0 bridgehead atoms. The number of carbonyl (C=O) groups excluding carboxylic acids is 2. The lowest BCUT2D eigenvalue weighted by Gasteiger charge is -2.17. The lowest BCUT2D eigenvalue weighted by molar-refractivity contribution is -0.132. The highest BCUT2D eigenvalue weighted by Gasteiger charge is 2.16. The Hall–Kier alpha value is -3.19. The quantitative estimate of drug-likeness (QED) is 0.705. The van der Waals surface area contributed by atoms with Crippen LogP contribution in [0.3, 0.4) is 0 Å². The Bertz CT molecular complexity index is 1060. The van der Waals surface area contributed by atoms with Crippen molar-refractivity contribution in [1.29, 1.82) is 0 Å². The molecule has 138 valence electrons. The summed E-state index contributed by atoms with van der Waals surface area (Å²) >= 11 is 5.89. The van der Waals surface area contributed by atoms with E-state index in [-0.39, 0.29) is 30.3 Å². The van der Waals surface area contributed by atoms with Crippen molar-refractivity contribution >= 4 is 39.9 Å². The van der Waals surface area contributed by atoms with Crippen LogP contribution in [0, 0.1) is 0 Å². The van der Waals surface area contributed by atoms with Crippen molar-refractivity contribution in [2.45, 2.75) is 6.42 Å². The number of hydrogen-bond donors (Lipinski definition) is 2. The minimum Gasteiger partial charge on any atom is -0.336 e. The number of H-pyrrole nitrogens is 1. The normalized spacial score (nSPS) is 10.6. The zero-order valence-electron chi connectivity index (χ0n) is 14.5. The molecule has 0 spiro atoms. The third kappa shape index (κ3) is 4.51. The molecule has 3 rings (SSSR count). The molecule has 7 nitrogen and oxygen atoms in total. The van der Waals surface area contributed by atoms with Gasteiger partial charge in [-0.05, 0) is 24.3 Å². The molecule has 0 fully saturated rings. The smallest absolute Gasteiger partial charge is 0.272 e. The van der Waals surface area contributed by atoms with E-state index in [0.29, 0.717) is 27.2 Å². The van der Waals surface area contributed by atoms with Gasteiger partial charge in [-0.25, -0.2) is 5.10 Å². The van der Waals surface area contributed by atoms with Crippen LogP contribution >= 0.6 is 11.6 Å². The predicted octanol–water partition coefficient (Wildman–Crippen LogP) is 2.22. The van der Waals surface area contributed by atoms with Gasteiger partial charge >= 0.3 is 0 Å². The van der Waals surface area contributed by atoms with Crippen molar-refractivity contribution < 1.29 is 9.59 Å². The molecule has 1 heterocycles. The number of nitrogens with one attached hydrogen (secondary N) is 2. The van der Waals surface area contributed by atoms with Gasteiger partial charge in [0.25, 0.3) is 5.56 Å². The van der Waals surface area contributed by atoms with Crippen LogP contribution in [0.5, 0.6) is 0 Å². The third-order valence-electron chi connectivity index (χ3n) is 4.01. The number of fused-ring (bicyclic) bond motifs is 1. The van der Waals surface area contributed by atoms with Gasteiger partial charge in [-0.2, -0.15) is 5.10 Å². The average Bonchev–Trinajstić information content (AvgIpc) is 2.64. The minimum atomic E-state index is -0.340. The number of halogens is 1. The summed E-state index contributed by atoms with van der Waals surface area (Å²) in [5.74, 6) is -0.631. The van der Waals surface area contributed by atoms with Gasteiger partial charge in [0.15, 0.2) is 0 Å². The number of amides is 2. The van der Waals surface area contributed by atoms with E-state index in [1.54, 1.807) is 48.5 Å². The summed E-state index contributed by atoms with van der Waals surface area (Å²) in [6.07, 6.45) is -0.0295. The molecule has 0 aliphatic rings. The molecule has 2 aromatic carbocycles. The molecule has 0 radical (unpaired) electrons. The number of benzene rings is 2. The van der Waals surface area contributed by atoms with Gasteiger partial charge in [0.1, 0.15) is 0 Å². The molecule has 0 unspecified atom stereocenters. The minimum absolute atomic E-state index is 0.0295. The first kappa shape index (κ1) is 18.6. The van der Waals surface area contributed by atoms with E-state index < -0.39 is 0 Å². The largest absolute Gasteiger partial charge is 0.336 e. The molecule has 8 heteroatoms. The first-order chi connectivity index (χ1) is 12.9. The number of anilines is 1. The molecular weight excluding hydrogens is 368 g/mol. The maximum absolute atomic E-state index is 12.5. The van der Waals surface area contributed by atoms with Gasteiger partial charge in [0.05, 0.1) is 24.0 Å². The topological polar surface area (TPSA) is 95.2 Å². The fraction of sp³-hybridized carbons (Fsp3) is 0.158. The first-order valence-electron chi connectivity index (χ1n) is 8.19. The van der Waals surface area contributed by atoms with E-state index in [2.05, 4.69) is 15.5 Å². The second kappa shape index (κ2) is 8.01. The molecule has 27 heavy (non-hydrogen) atoms. The van der Waals surface area contributed by atoms with Crippen LogP contribution in [-0.2, 0) is 16.0 Å².